The lowest BCUT2D eigenvalue weighted by atomic mass is 10.0. The van der Waals surface area contributed by atoms with Crippen LogP contribution in [0.5, 0.6) is 5.75 Å². The van der Waals surface area contributed by atoms with Gasteiger partial charge in [0.1, 0.15) is 5.75 Å². The predicted octanol–water partition coefficient (Wildman–Crippen LogP) is 8.99. The fourth-order valence-corrected chi connectivity index (χ4v) is 4.53. The predicted molar refractivity (Wildman–Crippen MR) is 160 cm³/mol. The topological polar surface area (TPSA) is 61.3 Å². The number of hydrogen-bond acceptors (Lipinski definition) is 5. The van der Waals surface area contributed by atoms with Gasteiger partial charge in [0.05, 0.1) is 6.61 Å². The van der Waals surface area contributed by atoms with E-state index in [9.17, 15) is 4.79 Å². The van der Waals surface area contributed by atoms with Crippen molar-refractivity contribution in [2.24, 2.45) is 0 Å². The molecule has 0 aliphatic carbocycles. The summed E-state index contributed by atoms with van der Waals surface area (Å²) >= 11 is 0. The van der Waals surface area contributed by atoms with E-state index in [0.717, 1.165) is 42.4 Å². The van der Waals surface area contributed by atoms with E-state index in [2.05, 4.69) is 48.1 Å². The minimum absolute atomic E-state index is 0.338. The maximum atomic E-state index is 12.1. The molecule has 0 spiro atoms. The van der Waals surface area contributed by atoms with Crippen LogP contribution in [0.4, 0.5) is 0 Å². The molecule has 1 aromatic heterocycles. The average Bonchev–Trinajstić information content (AvgIpc) is 2.97. The van der Waals surface area contributed by atoms with Crippen molar-refractivity contribution >= 4 is 5.97 Å². The Morgan fingerprint density at radius 1 is 0.692 bits per heavy atom. The molecular weight excluding hydrogens is 484 g/mol. The molecule has 0 radical (unpaired) electrons. The van der Waals surface area contributed by atoms with Crippen LogP contribution >= 0.6 is 0 Å². The van der Waals surface area contributed by atoms with Crippen LogP contribution < -0.4 is 4.74 Å². The highest BCUT2D eigenvalue weighted by molar-refractivity contribution is 5.74. The Labute approximate surface area is 235 Å². The quantitative estimate of drug-likeness (QED) is 0.121. The van der Waals surface area contributed by atoms with Gasteiger partial charge in [-0.1, -0.05) is 95.9 Å². The summed E-state index contributed by atoms with van der Waals surface area (Å²) in [6.45, 7) is 6.54. The third-order valence-electron chi connectivity index (χ3n) is 7.01. The number of carbonyl (C=O) groups is 1. The molecule has 0 saturated heterocycles. The van der Waals surface area contributed by atoms with Crippen molar-refractivity contribution in [3.05, 3.63) is 66.5 Å². The molecule has 210 valence electrons. The molecule has 5 heteroatoms. The summed E-state index contributed by atoms with van der Waals surface area (Å²) in [5.74, 6) is 0.927. The maximum absolute atomic E-state index is 12.1. The molecule has 3 rings (SSSR count). The first kappa shape index (κ1) is 30.3. The van der Waals surface area contributed by atoms with E-state index < -0.39 is 6.10 Å². The summed E-state index contributed by atoms with van der Waals surface area (Å²) in [7, 11) is 0. The molecule has 0 saturated carbocycles. The second-order valence-corrected chi connectivity index (χ2v) is 10.4. The lowest BCUT2D eigenvalue weighted by Crippen LogP contribution is -2.26. The molecule has 0 amide bonds. The number of esters is 1. The van der Waals surface area contributed by atoms with E-state index in [1.54, 1.807) is 6.92 Å². The molecule has 1 heterocycles. The first-order valence-electron chi connectivity index (χ1n) is 15.0. The number of carbonyl (C=O) groups excluding carboxylic acids is 1. The van der Waals surface area contributed by atoms with E-state index in [-0.39, 0.29) is 5.97 Å². The van der Waals surface area contributed by atoms with Crippen LogP contribution in [-0.2, 0) is 16.0 Å². The molecule has 2 aromatic carbocycles. The van der Waals surface area contributed by atoms with E-state index in [1.807, 2.05) is 36.7 Å². The smallest absolute Gasteiger partial charge is 0.347 e. The van der Waals surface area contributed by atoms with Crippen molar-refractivity contribution in [1.82, 2.24) is 9.97 Å². The number of benzene rings is 2. The largest absolute Gasteiger partial charge is 0.479 e. The number of ether oxygens (including phenoxy) is 2. The molecule has 39 heavy (non-hydrogen) atoms. The standard InChI is InChI=1S/C34H46N2O3/c1-4-6-8-9-10-11-12-13-15-28-16-18-29(19-17-28)31-25-35-33(36-26-31)30-20-22-32(23-21-30)39-27(3)34(37)38-24-14-7-5-2/h16-23,25-27H,4-15,24H2,1-3H3. The molecule has 0 N–H and O–H groups in total. The molecular formula is C34H46N2O3. The highest BCUT2D eigenvalue weighted by Gasteiger charge is 2.16. The van der Waals surface area contributed by atoms with Crippen LogP contribution in [0, 0.1) is 0 Å². The number of hydrogen-bond donors (Lipinski definition) is 0. The second kappa shape index (κ2) is 17.4. The molecule has 0 aliphatic rings. The summed E-state index contributed by atoms with van der Waals surface area (Å²) in [6, 6.07) is 16.3. The molecule has 0 fully saturated rings. The molecule has 0 bridgehead atoms. The van der Waals surface area contributed by atoms with Crippen molar-refractivity contribution in [3.63, 3.8) is 0 Å². The van der Waals surface area contributed by atoms with Crippen LogP contribution in [0.3, 0.4) is 0 Å². The highest BCUT2D eigenvalue weighted by Crippen LogP contribution is 2.24. The first-order chi connectivity index (χ1) is 19.1. The Morgan fingerprint density at radius 2 is 1.26 bits per heavy atom. The van der Waals surface area contributed by atoms with Crippen molar-refractivity contribution in [3.8, 4) is 28.3 Å². The summed E-state index contributed by atoms with van der Waals surface area (Å²) in [6.07, 6.45) is 18.0. The van der Waals surface area contributed by atoms with Gasteiger partial charge in [0.15, 0.2) is 11.9 Å². The maximum Gasteiger partial charge on any atom is 0.347 e. The molecule has 0 aliphatic heterocycles. The van der Waals surface area contributed by atoms with Gasteiger partial charge < -0.3 is 9.47 Å². The first-order valence-corrected chi connectivity index (χ1v) is 15.0. The fourth-order valence-electron chi connectivity index (χ4n) is 4.53. The Balaban J connectivity index is 1.44. The SMILES string of the molecule is CCCCCCCCCCc1ccc(-c2cnc(-c3ccc(OC(C)C(=O)OCCCCC)cc3)nc2)cc1. The van der Waals surface area contributed by atoms with Crippen LogP contribution in [-0.4, -0.2) is 28.6 Å². The van der Waals surface area contributed by atoms with Crippen LogP contribution in [0.2, 0.25) is 0 Å². The van der Waals surface area contributed by atoms with E-state index in [0.29, 0.717) is 18.2 Å². The number of rotatable bonds is 18. The van der Waals surface area contributed by atoms with Crippen LogP contribution in [0.15, 0.2) is 60.9 Å². The van der Waals surface area contributed by atoms with E-state index >= 15 is 0 Å². The van der Waals surface area contributed by atoms with Gasteiger partial charge in [-0.15, -0.1) is 0 Å². The minimum atomic E-state index is -0.653. The summed E-state index contributed by atoms with van der Waals surface area (Å²) < 4.78 is 11.0. The van der Waals surface area contributed by atoms with Gasteiger partial charge in [-0.3, -0.25) is 0 Å². The lowest BCUT2D eigenvalue weighted by molar-refractivity contribution is -0.151. The Morgan fingerprint density at radius 3 is 1.90 bits per heavy atom. The van der Waals surface area contributed by atoms with Gasteiger partial charge >= 0.3 is 5.97 Å². The molecule has 5 nitrogen and oxygen atoms in total. The lowest BCUT2D eigenvalue weighted by Gasteiger charge is -2.14. The van der Waals surface area contributed by atoms with Crippen LogP contribution in [0.25, 0.3) is 22.5 Å². The summed E-state index contributed by atoms with van der Waals surface area (Å²) in [5, 5.41) is 0. The van der Waals surface area contributed by atoms with Gasteiger partial charge in [-0.25, -0.2) is 14.8 Å². The number of aryl methyl sites for hydroxylation is 1. The number of unbranched alkanes of at least 4 members (excludes halogenated alkanes) is 9. The fraction of sp³-hybridized carbons (Fsp3) is 0.500. The number of aromatic nitrogens is 2. The van der Waals surface area contributed by atoms with E-state index in [4.69, 9.17) is 9.47 Å². The highest BCUT2D eigenvalue weighted by atomic mass is 16.6. The zero-order valence-corrected chi connectivity index (χ0v) is 24.2. The molecule has 1 unspecified atom stereocenters. The van der Waals surface area contributed by atoms with Gasteiger partial charge in [-0.2, -0.15) is 0 Å². The van der Waals surface area contributed by atoms with Crippen LogP contribution in [0.1, 0.15) is 97.0 Å². The monoisotopic (exact) mass is 530 g/mol. The van der Waals surface area contributed by atoms with Gasteiger partial charge in [-0.05, 0) is 61.6 Å². The minimum Gasteiger partial charge on any atom is -0.479 e. The van der Waals surface area contributed by atoms with Crippen molar-refractivity contribution in [2.45, 2.75) is 104 Å². The van der Waals surface area contributed by atoms with E-state index in [1.165, 1.54) is 56.9 Å². The zero-order chi connectivity index (χ0) is 27.7. The molecule has 3 aromatic rings. The normalized spacial score (nSPS) is 11.8. The Kier molecular flexibility index (Phi) is 13.5. The zero-order valence-electron chi connectivity index (χ0n) is 24.2. The third-order valence-corrected chi connectivity index (χ3v) is 7.01. The van der Waals surface area contributed by atoms with Gasteiger partial charge in [0.2, 0.25) is 0 Å². The van der Waals surface area contributed by atoms with Crippen molar-refractivity contribution in [2.75, 3.05) is 6.61 Å². The third kappa shape index (κ3) is 10.8. The van der Waals surface area contributed by atoms with Gasteiger partial charge in [0, 0.05) is 23.5 Å². The Bertz CT molecular complexity index is 1080. The Hall–Kier alpha value is -3.21. The van der Waals surface area contributed by atoms with Crippen molar-refractivity contribution in [1.29, 1.82) is 0 Å². The number of nitrogens with zero attached hydrogens (tertiary/aromatic N) is 2. The van der Waals surface area contributed by atoms with Crippen molar-refractivity contribution < 1.29 is 14.3 Å². The van der Waals surface area contributed by atoms with Gasteiger partial charge in [0.25, 0.3) is 0 Å². The summed E-state index contributed by atoms with van der Waals surface area (Å²) in [5.41, 5.74) is 4.41. The molecule has 1 atom stereocenters. The average molecular weight is 531 g/mol. The summed E-state index contributed by atoms with van der Waals surface area (Å²) in [4.78, 5) is 21.3. The second-order valence-electron chi connectivity index (χ2n) is 10.4.